The Kier molecular flexibility index (Phi) is 5.38. The lowest BCUT2D eigenvalue weighted by molar-refractivity contribution is -0.148. The lowest BCUT2D eigenvalue weighted by Gasteiger charge is -2.30. The van der Waals surface area contributed by atoms with Gasteiger partial charge in [0, 0.05) is 25.4 Å². The van der Waals surface area contributed by atoms with E-state index >= 15 is 0 Å². The van der Waals surface area contributed by atoms with Gasteiger partial charge in [0.15, 0.2) is 5.16 Å². The molecule has 1 aromatic rings. The van der Waals surface area contributed by atoms with Crippen LogP contribution in [-0.4, -0.2) is 52.7 Å². The number of nitrogens with one attached hydrogen (secondary N) is 1. The maximum absolute atomic E-state index is 12.1. The van der Waals surface area contributed by atoms with Gasteiger partial charge in [-0.2, -0.15) is 0 Å². The molecule has 7 nitrogen and oxygen atoms in total. The first kappa shape index (κ1) is 15.6. The van der Waals surface area contributed by atoms with Gasteiger partial charge in [0.1, 0.15) is 0 Å². The van der Waals surface area contributed by atoms with Crippen LogP contribution in [0.15, 0.2) is 22.2 Å². The number of hydrogen-bond acceptors (Lipinski definition) is 6. The summed E-state index contributed by atoms with van der Waals surface area (Å²) in [6, 6.07) is 1.32. The topological polar surface area (TPSA) is 92.4 Å². The fourth-order valence-electron chi connectivity index (χ4n) is 2.18. The summed E-state index contributed by atoms with van der Waals surface area (Å²) in [5.74, 6) is -0.119. The molecular formula is C13H17N3O4S. The number of aromatic amines is 1. The summed E-state index contributed by atoms with van der Waals surface area (Å²) < 4.78 is 4.71. The van der Waals surface area contributed by atoms with E-state index in [0.29, 0.717) is 31.1 Å². The number of rotatable bonds is 4. The average Bonchev–Trinajstić information content (AvgIpc) is 2.52. The van der Waals surface area contributed by atoms with Crippen LogP contribution in [0.5, 0.6) is 0 Å². The number of methoxy groups -OCH3 is 1. The van der Waals surface area contributed by atoms with E-state index in [2.05, 4.69) is 9.97 Å². The molecule has 1 aliphatic heterocycles. The predicted molar refractivity (Wildman–Crippen MR) is 76.9 cm³/mol. The van der Waals surface area contributed by atoms with Gasteiger partial charge < -0.3 is 14.6 Å². The van der Waals surface area contributed by atoms with Gasteiger partial charge in [-0.15, -0.1) is 0 Å². The monoisotopic (exact) mass is 311 g/mol. The summed E-state index contributed by atoms with van der Waals surface area (Å²) in [7, 11) is 1.38. The number of carbonyl (C=O) groups excluding carboxylic acids is 2. The van der Waals surface area contributed by atoms with Crippen molar-refractivity contribution in [1.29, 1.82) is 0 Å². The summed E-state index contributed by atoms with van der Waals surface area (Å²) in [6.07, 6.45) is 2.67. The number of esters is 1. The lowest BCUT2D eigenvalue weighted by Crippen LogP contribution is -2.41. The third-order valence-electron chi connectivity index (χ3n) is 3.36. The molecule has 21 heavy (non-hydrogen) atoms. The fraction of sp³-hybridized carbons (Fsp3) is 0.538. The maximum atomic E-state index is 12.1. The molecule has 0 atom stereocenters. The van der Waals surface area contributed by atoms with E-state index in [9.17, 15) is 14.4 Å². The zero-order valence-corrected chi connectivity index (χ0v) is 12.5. The SMILES string of the molecule is COC(=O)C1CCN(C(=O)CSc2nccc(=O)[nH]2)CC1. The molecule has 0 aromatic carbocycles. The zero-order chi connectivity index (χ0) is 15.2. The minimum Gasteiger partial charge on any atom is -0.469 e. The zero-order valence-electron chi connectivity index (χ0n) is 11.7. The Morgan fingerprint density at radius 2 is 2.19 bits per heavy atom. The van der Waals surface area contributed by atoms with Crippen molar-refractivity contribution >= 4 is 23.6 Å². The average molecular weight is 311 g/mol. The van der Waals surface area contributed by atoms with Crippen LogP contribution >= 0.6 is 11.8 Å². The molecule has 8 heteroatoms. The van der Waals surface area contributed by atoms with Crippen molar-refractivity contribution in [1.82, 2.24) is 14.9 Å². The number of likely N-dealkylation sites (tertiary alicyclic amines) is 1. The Bertz CT molecular complexity index is 567. The number of carbonyl (C=O) groups is 2. The Labute approximate surface area is 126 Å². The molecule has 0 saturated carbocycles. The van der Waals surface area contributed by atoms with Crippen molar-refractivity contribution in [2.24, 2.45) is 5.92 Å². The van der Waals surface area contributed by atoms with Crippen LogP contribution in [0.2, 0.25) is 0 Å². The summed E-state index contributed by atoms with van der Waals surface area (Å²) in [6.45, 7) is 1.11. The first-order valence-corrected chi connectivity index (χ1v) is 7.62. The van der Waals surface area contributed by atoms with Gasteiger partial charge >= 0.3 is 5.97 Å². The van der Waals surface area contributed by atoms with Crippen LogP contribution in [0.3, 0.4) is 0 Å². The van der Waals surface area contributed by atoms with E-state index in [1.807, 2.05) is 0 Å². The van der Waals surface area contributed by atoms with Crippen LogP contribution in [0.25, 0.3) is 0 Å². The van der Waals surface area contributed by atoms with E-state index < -0.39 is 0 Å². The van der Waals surface area contributed by atoms with Gasteiger partial charge in [-0.1, -0.05) is 11.8 Å². The number of thioether (sulfide) groups is 1. The van der Waals surface area contributed by atoms with Crippen molar-refractivity contribution in [3.63, 3.8) is 0 Å². The highest BCUT2D eigenvalue weighted by molar-refractivity contribution is 7.99. The molecule has 1 aliphatic rings. The third-order valence-corrected chi connectivity index (χ3v) is 4.23. The highest BCUT2D eigenvalue weighted by Gasteiger charge is 2.27. The smallest absolute Gasteiger partial charge is 0.308 e. The van der Waals surface area contributed by atoms with Gasteiger partial charge in [0.05, 0.1) is 18.8 Å². The van der Waals surface area contributed by atoms with Crippen molar-refractivity contribution < 1.29 is 14.3 Å². The van der Waals surface area contributed by atoms with Gasteiger partial charge in [0.25, 0.3) is 5.56 Å². The van der Waals surface area contributed by atoms with E-state index in [-0.39, 0.29) is 29.1 Å². The van der Waals surface area contributed by atoms with Crippen molar-refractivity contribution in [2.45, 2.75) is 18.0 Å². The molecule has 0 spiro atoms. The largest absolute Gasteiger partial charge is 0.469 e. The highest BCUT2D eigenvalue weighted by atomic mass is 32.2. The van der Waals surface area contributed by atoms with Gasteiger partial charge in [-0.05, 0) is 12.8 Å². The van der Waals surface area contributed by atoms with Crippen LogP contribution < -0.4 is 5.56 Å². The van der Waals surface area contributed by atoms with Crippen molar-refractivity contribution in [3.05, 3.63) is 22.6 Å². The first-order chi connectivity index (χ1) is 10.1. The molecule has 0 radical (unpaired) electrons. The van der Waals surface area contributed by atoms with Gasteiger partial charge in [-0.3, -0.25) is 14.4 Å². The number of ether oxygens (including phenoxy) is 1. The Morgan fingerprint density at radius 1 is 1.48 bits per heavy atom. The molecule has 1 N–H and O–H groups in total. The van der Waals surface area contributed by atoms with E-state index in [0.717, 1.165) is 0 Å². The van der Waals surface area contributed by atoms with Gasteiger partial charge in [-0.25, -0.2) is 4.98 Å². The molecule has 0 aliphatic carbocycles. The van der Waals surface area contributed by atoms with Crippen LogP contribution in [0, 0.1) is 5.92 Å². The molecule has 1 saturated heterocycles. The molecule has 2 heterocycles. The molecular weight excluding hydrogens is 294 g/mol. The third kappa shape index (κ3) is 4.32. The van der Waals surface area contributed by atoms with E-state index in [1.54, 1.807) is 4.90 Å². The summed E-state index contributed by atoms with van der Waals surface area (Å²) in [5.41, 5.74) is -0.237. The number of nitrogens with zero attached hydrogens (tertiary/aromatic N) is 2. The van der Waals surface area contributed by atoms with E-state index in [1.165, 1.54) is 31.1 Å². The Morgan fingerprint density at radius 3 is 2.81 bits per heavy atom. The predicted octanol–water partition coefficient (Wildman–Crippen LogP) is 0.274. The first-order valence-electron chi connectivity index (χ1n) is 6.64. The Hall–Kier alpha value is -1.83. The molecule has 114 valence electrons. The standard InChI is InChI=1S/C13H17N3O4S/c1-20-12(19)9-3-6-16(7-4-9)11(18)8-21-13-14-5-2-10(17)15-13/h2,5,9H,3-4,6-8H2,1H3,(H,14,15,17). The van der Waals surface area contributed by atoms with Crippen LogP contribution in [-0.2, 0) is 14.3 Å². The van der Waals surface area contributed by atoms with E-state index in [4.69, 9.17) is 4.74 Å². The molecule has 1 fully saturated rings. The van der Waals surface area contributed by atoms with Crippen LogP contribution in [0.1, 0.15) is 12.8 Å². The minimum atomic E-state index is -0.237. The highest BCUT2D eigenvalue weighted by Crippen LogP contribution is 2.20. The fourth-order valence-corrected chi connectivity index (χ4v) is 2.93. The number of hydrogen-bond donors (Lipinski definition) is 1. The molecule has 1 amide bonds. The summed E-state index contributed by atoms with van der Waals surface area (Å²) in [5, 5.41) is 0.431. The second kappa shape index (κ2) is 7.26. The molecule has 1 aromatic heterocycles. The number of piperidine rings is 1. The summed E-state index contributed by atoms with van der Waals surface area (Å²) >= 11 is 1.20. The normalized spacial score (nSPS) is 15.8. The minimum absolute atomic E-state index is 0.0187. The van der Waals surface area contributed by atoms with Crippen LogP contribution in [0.4, 0.5) is 0 Å². The van der Waals surface area contributed by atoms with Crippen molar-refractivity contribution in [3.8, 4) is 0 Å². The number of amides is 1. The number of H-pyrrole nitrogens is 1. The number of aromatic nitrogens is 2. The molecule has 0 unspecified atom stereocenters. The second-order valence-corrected chi connectivity index (χ2v) is 5.67. The molecule has 2 rings (SSSR count). The van der Waals surface area contributed by atoms with Crippen molar-refractivity contribution in [2.75, 3.05) is 26.0 Å². The Balaban J connectivity index is 1.80. The maximum Gasteiger partial charge on any atom is 0.308 e. The lowest BCUT2D eigenvalue weighted by atomic mass is 9.97. The van der Waals surface area contributed by atoms with Gasteiger partial charge in [0.2, 0.25) is 5.91 Å². The summed E-state index contributed by atoms with van der Waals surface area (Å²) in [4.78, 5) is 42.9. The quantitative estimate of drug-likeness (QED) is 0.487. The second-order valence-electron chi connectivity index (χ2n) is 4.71. The molecule has 0 bridgehead atoms.